The molecule has 0 aliphatic rings. The van der Waals surface area contributed by atoms with Crippen molar-refractivity contribution in [2.24, 2.45) is 0 Å². The van der Waals surface area contributed by atoms with E-state index in [-0.39, 0.29) is 0 Å². The lowest BCUT2D eigenvalue weighted by molar-refractivity contribution is 0.163. The van der Waals surface area contributed by atoms with Crippen molar-refractivity contribution in [3.05, 3.63) is 42.5 Å². The highest BCUT2D eigenvalue weighted by atomic mass is 35.5. The number of halogens is 1. The molecule has 0 radical (unpaired) electrons. The Kier molecular flexibility index (Phi) is 5.43. The Hall–Kier alpha value is -1.48. The van der Waals surface area contributed by atoms with Gasteiger partial charge in [0, 0.05) is 11.6 Å². The number of amides is 1. The van der Waals surface area contributed by atoms with E-state index in [4.69, 9.17) is 16.3 Å². The number of ether oxygens (including phenoxy) is 1. The number of para-hydroxylation sites is 1. The van der Waals surface area contributed by atoms with Gasteiger partial charge in [-0.2, -0.15) is 0 Å². The van der Waals surface area contributed by atoms with Crippen LogP contribution in [0.3, 0.4) is 0 Å². The second-order valence-electron chi connectivity index (χ2n) is 3.13. The molecular formula is C12H14ClNO2. The first-order chi connectivity index (χ1) is 7.77. The minimum Gasteiger partial charge on any atom is -0.449 e. The molecule has 0 aliphatic heterocycles. The maximum absolute atomic E-state index is 11.3. The van der Waals surface area contributed by atoms with Crippen molar-refractivity contribution in [2.75, 3.05) is 11.9 Å². The highest BCUT2D eigenvalue weighted by molar-refractivity contribution is 6.17. The van der Waals surface area contributed by atoms with Gasteiger partial charge in [-0.3, -0.25) is 5.32 Å². The number of alkyl halides is 1. The predicted octanol–water partition coefficient (Wildman–Crippen LogP) is 3.55. The number of hydrogen-bond donors (Lipinski definition) is 1. The molecule has 0 heterocycles. The fourth-order valence-electron chi connectivity index (χ4n) is 1.14. The van der Waals surface area contributed by atoms with Gasteiger partial charge in [-0.1, -0.05) is 24.3 Å². The highest BCUT2D eigenvalue weighted by Gasteiger charge is 2.05. The van der Waals surface area contributed by atoms with Crippen LogP contribution >= 0.6 is 11.6 Å². The summed E-state index contributed by atoms with van der Waals surface area (Å²) >= 11 is 5.74. The quantitative estimate of drug-likeness (QED) is 0.485. The maximum atomic E-state index is 11.3. The number of anilines is 1. The Morgan fingerprint density at radius 2 is 2.25 bits per heavy atom. The molecule has 4 heteroatoms. The Labute approximate surface area is 100 Å². The molecular weight excluding hydrogens is 226 g/mol. The summed E-state index contributed by atoms with van der Waals surface area (Å²) in [6.45, 7) is 3.87. The molecule has 0 aliphatic carbocycles. The molecule has 1 aromatic carbocycles. The summed E-state index contributed by atoms with van der Waals surface area (Å²) < 4.78 is 4.92. The third-order valence-electron chi connectivity index (χ3n) is 1.95. The van der Waals surface area contributed by atoms with Crippen molar-refractivity contribution in [1.29, 1.82) is 0 Å². The number of carbonyl (C=O) groups is 1. The second kappa shape index (κ2) is 6.90. The summed E-state index contributed by atoms with van der Waals surface area (Å²) in [6.07, 6.45) is 1.87. The lowest BCUT2D eigenvalue weighted by atomic mass is 10.2. The van der Waals surface area contributed by atoms with Crippen LogP contribution in [-0.2, 0) is 10.6 Å². The van der Waals surface area contributed by atoms with Crippen molar-refractivity contribution >= 4 is 23.4 Å². The first-order valence-corrected chi connectivity index (χ1v) is 5.50. The molecule has 0 saturated heterocycles. The lowest BCUT2D eigenvalue weighted by Gasteiger charge is -2.09. The van der Waals surface area contributed by atoms with Crippen LogP contribution in [0.1, 0.15) is 12.0 Å². The lowest BCUT2D eigenvalue weighted by Crippen LogP contribution is -2.15. The van der Waals surface area contributed by atoms with Crippen LogP contribution in [0.4, 0.5) is 10.5 Å². The topological polar surface area (TPSA) is 38.3 Å². The van der Waals surface area contributed by atoms with E-state index in [1.807, 2.05) is 18.2 Å². The molecule has 0 fully saturated rings. The standard InChI is InChI=1S/C12H14ClNO2/c1-2-3-8-16-12(15)14-11-7-5-4-6-10(11)9-13/h2,4-7H,1,3,8-9H2,(H,14,15). The van der Waals surface area contributed by atoms with Crippen LogP contribution < -0.4 is 5.32 Å². The van der Waals surface area contributed by atoms with Gasteiger partial charge in [0.25, 0.3) is 0 Å². The molecule has 1 N–H and O–H groups in total. The van der Waals surface area contributed by atoms with Crippen molar-refractivity contribution in [3.8, 4) is 0 Å². The second-order valence-corrected chi connectivity index (χ2v) is 3.40. The van der Waals surface area contributed by atoms with Crippen LogP contribution in [-0.4, -0.2) is 12.7 Å². The smallest absolute Gasteiger partial charge is 0.411 e. The van der Waals surface area contributed by atoms with Gasteiger partial charge >= 0.3 is 6.09 Å². The molecule has 0 spiro atoms. The van der Waals surface area contributed by atoms with E-state index < -0.39 is 6.09 Å². The molecule has 1 amide bonds. The van der Waals surface area contributed by atoms with Crippen molar-refractivity contribution in [3.63, 3.8) is 0 Å². The predicted molar refractivity (Wildman–Crippen MR) is 65.8 cm³/mol. The van der Waals surface area contributed by atoms with Gasteiger partial charge < -0.3 is 4.74 Å². The fraction of sp³-hybridized carbons (Fsp3) is 0.250. The van der Waals surface area contributed by atoms with Crippen LogP contribution in [0.2, 0.25) is 0 Å². The van der Waals surface area contributed by atoms with E-state index >= 15 is 0 Å². The normalized spacial score (nSPS) is 9.56. The summed E-state index contributed by atoms with van der Waals surface area (Å²) in [6, 6.07) is 7.33. The zero-order valence-electron chi connectivity index (χ0n) is 8.91. The zero-order valence-corrected chi connectivity index (χ0v) is 9.67. The first kappa shape index (κ1) is 12.6. The molecule has 1 aromatic rings. The van der Waals surface area contributed by atoms with E-state index in [0.29, 0.717) is 24.6 Å². The van der Waals surface area contributed by atoms with E-state index in [1.165, 1.54) is 0 Å². The van der Waals surface area contributed by atoms with Crippen molar-refractivity contribution in [2.45, 2.75) is 12.3 Å². The molecule has 86 valence electrons. The van der Waals surface area contributed by atoms with Gasteiger partial charge in [-0.05, 0) is 18.1 Å². The molecule has 3 nitrogen and oxygen atoms in total. The fourth-order valence-corrected chi connectivity index (χ4v) is 1.37. The number of carbonyl (C=O) groups excluding carboxylic acids is 1. The number of hydrogen-bond acceptors (Lipinski definition) is 2. The van der Waals surface area contributed by atoms with Crippen LogP contribution in [0.15, 0.2) is 36.9 Å². The van der Waals surface area contributed by atoms with Crippen molar-refractivity contribution in [1.82, 2.24) is 0 Å². The molecule has 0 unspecified atom stereocenters. The van der Waals surface area contributed by atoms with Gasteiger partial charge in [0.1, 0.15) is 0 Å². The summed E-state index contributed by atoms with van der Waals surface area (Å²) in [5.41, 5.74) is 1.55. The largest absolute Gasteiger partial charge is 0.449 e. The van der Waals surface area contributed by atoms with Crippen LogP contribution in [0.5, 0.6) is 0 Å². The van der Waals surface area contributed by atoms with E-state index in [1.54, 1.807) is 12.1 Å². The summed E-state index contributed by atoms with van der Waals surface area (Å²) in [5.74, 6) is 0.350. The minimum absolute atomic E-state index is 0.332. The van der Waals surface area contributed by atoms with Crippen molar-refractivity contribution < 1.29 is 9.53 Å². The minimum atomic E-state index is -0.473. The molecule has 0 saturated carbocycles. The first-order valence-electron chi connectivity index (χ1n) is 4.96. The van der Waals surface area contributed by atoms with Gasteiger partial charge in [0.2, 0.25) is 0 Å². The molecule has 0 aromatic heterocycles. The monoisotopic (exact) mass is 239 g/mol. The SMILES string of the molecule is C=CCCOC(=O)Nc1ccccc1CCl. The average Bonchev–Trinajstić information content (AvgIpc) is 2.30. The highest BCUT2D eigenvalue weighted by Crippen LogP contribution is 2.17. The maximum Gasteiger partial charge on any atom is 0.411 e. The Morgan fingerprint density at radius 3 is 2.94 bits per heavy atom. The van der Waals surface area contributed by atoms with E-state index in [2.05, 4.69) is 11.9 Å². The van der Waals surface area contributed by atoms with E-state index in [9.17, 15) is 4.79 Å². The Morgan fingerprint density at radius 1 is 1.50 bits per heavy atom. The molecule has 16 heavy (non-hydrogen) atoms. The summed E-state index contributed by atoms with van der Waals surface area (Å²) in [4.78, 5) is 11.3. The van der Waals surface area contributed by atoms with Gasteiger partial charge in [-0.25, -0.2) is 4.79 Å². The molecule has 1 rings (SSSR count). The summed E-state index contributed by atoms with van der Waals surface area (Å²) in [5, 5.41) is 2.64. The third kappa shape index (κ3) is 3.95. The van der Waals surface area contributed by atoms with Crippen LogP contribution in [0.25, 0.3) is 0 Å². The number of rotatable bonds is 5. The van der Waals surface area contributed by atoms with Crippen LogP contribution in [0, 0.1) is 0 Å². The zero-order chi connectivity index (χ0) is 11.8. The third-order valence-corrected chi connectivity index (χ3v) is 2.24. The molecule has 0 bridgehead atoms. The summed E-state index contributed by atoms with van der Waals surface area (Å²) in [7, 11) is 0. The van der Waals surface area contributed by atoms with Gasteiger partial charge in [0.15, 0.2) is 0 Å². The van der Waals surface area contributed by atoms with Gasteiger partial charge in [0.05, 0.1) is 6.61 Å². The average molecular weight is 240 g/mol. The number of benzene rings is 1. The van der Waals surface area contributed by atoms with E-state index in [0.717, 1.165) is 5.56 Å². The van der Waals surface area contributed by atoms with Gasteiger partial charge in [-0.15, -0.1) is 18.2 Å². The number of nitrogens with one attached hydrogen (secondary N) is 1. The Balaban J connectivity index is 2.52. The Bertz CT molecular complexity index is 366. The molecule has 0 atom stereocenters.